The Bertz CT molecular complexity index is 1180. The summed E-state index contributed by atoms with van der Waals surface area (Å²) < 4.78 is 0.968. The van der Waals surface area contributed by atoms with E-state index in [2.05, 4.69) is 15.3 Å². The summed E-state index contributed by atoms with van der Waals surface area (Å²) in [4.78, 5) is 47.3. The molecule has 0 aliphatic carbocycles. The topological polar surface area (TPSA) is 144 Å². The molecule has 9 nitrogen and oxygen atoms in total. The van der Waals surface area contributed by atoms with Crippen molar-refractivity contribution in [2.75, 3.05) is 17.6 Å². The average Bonchev–Trinajstić information content (AvgIpc) is 3.12. The first kappa shape index (κ1) is 20.7. The Morgan fingerprint density at radius 1 is 1.23 bits per heavy atom. The SMILES string of the molecule is C[C@@H]1CC[C@@H](c2ccc3sc(N)nc3c2)N(C(=O)C(=O)Nc2ncccc2C(N)=O)C1. The Morgan fingerprint density at radius 2 is 2.03 bits per heavy atom. The number of nitrogens with two attached hydrogens (primary N) is 2. The number of likely N-dealkylation sites (tertiary alicyclic amines) is 1. The number of rotatable bonds is 3. The van der Waals surface area contributed by atoms with Gasteiger partial charge in [-0.3, -0.25) is 14.4 Å². The molecule has 4 rings (SSSR count). The van der Waals surface area contributed by atoms with E-state index in [9.17, 15) is 14.4 Å². The molecule has 31 heavy (non-hydrogen) atoms. The van der Waals surface area contributed by atoms with Gasteiger partial charge in [0.2, 0.25) is 0 Å². The van der Waals surface area contributed by atoms with Crippen LogP contribution in [0.2, 0.25) is 0 Å². The molecular weight excluding hydrogens is 416 g/mol. The van der Waals surface area contributed by atoms with Crippen molar-refractivity contribution in [3.63, 3.8) is 0 Å². The van der Waals surface area contributed by atoms with Crippen molar-refractivity contribution in [3.05, 3.63) is 47.7 Å². The van der Waals surface area contributed by atoms with Crippen molar-refractivity contribution in [1.29, 1.82) is 0 Å². The molecule has 3 aromatic rings. The van der Waals surface area contributed by atoms with Crippen LogP contribution in [0.3, 0.4) is 0 Å². The molecule has 0 bridgehead atoms. The Hall–Kier alpha value is -3.53. The van der Waals surface area contributed by atoms with E-state index in [0.29, 0.717) is 11.7 Å². The van der Waals surface area contributed by atoms with Gasteiger partial charge in [0.15, 0.2) is 5.13 Å². The number of fused-ring (bicyclic) bond motifs is 1. The summed E-state index contributed by atoms with van der Waals surface area (Å²) in [6.45, 7) is 2.49. The zero-order valence-electron chi connectivity index (χ0n) is 16.9. The summed E-state index contributed by atoms with van der Waals surface area (Å²) in [7, 11) is 0. The van der Waals surface area contributed by atoms with Gasteiger partial charge in [-0.1, -0.05) is 24.3 Å². The third-order valence-electron chi connectivity index (χ3n) is 5.39. The highest BCUT2D eigenvalue weighted by molar-refractivity contribution is 7.22. The van der Waals surface area contributed by atoms with Crippen molar-refractivity contribution < 1.29 is 14.4 Å². The Morgan fingerprint density at radius 3 is 2.81 bits per heavy atom. The molecule has 2 atom stereocenters. The average molecular weight is 439 g/mol. The van der Waals surface area contributed by atoms with Crippen LogP contribution in [0.25, 0.3) is 10.2 Å². The highest BCUT2D eigenvalue weighted by Gasteiger charge is 2.34. The van der Waals surface area contributed by atoms with E-state index in [1.54, 1.807) is 4.90 Å². The molecule has 3 heterocycles. The van der Waals surface area contributed by atoms with E-state index in [1.807, 2.05) is 25.1 Å². The minimum absolute atomic E-state index is 0.0330. The number of pyridine rings is 1. The first-order chi connectivity index (χ1) is 14.8. The van der Waals surface area contributed by atoms with E-state index in [0.717, 1.165) is 28.6 Å². The molecular formula is C21H22N6O3S. The van der Waals surface area contributed by atoms with Crippen LogP contribution < -0.4 is 16.8 Å². The number of piperidine rings is 1. The standard InChI is InChI=1S/C21H22N6O3S/c1-11-4-6-15(12-5-7-16-14(9-12)25-21(23)31-16)27(10-11)20(30)19(29)26-18-13(17(22)28)3-2-8-24-18/h2-3,5,7-9,11,15H,4,6,10H2,1H3,(H2,22,28)(H2,23,25)(H,24,26,29)/t11-,15+/m1/s1. The van der Waals surface area contributed by atoms with E-state index in [-0.39, 0.29) is 23.3 Å². The third kappa shape index (κ3) is 4.19. The molecule has 0 unspecified atom stereocenters. The Kier molecular flexibility index (Phi) is 5.55. The van der Waals surface area contributed by atoms with E-state index in [1.165, 1.54) is 29.7 Å². The molecule has 160 valence electrons. The number of thiazole rings is 1. The number of primary amides is 1. The normalized spacial score (nSPS) is 18.7. The molecule has 1 aromatic carbocycles. The maximum atomic E-state index is 13.1. The fraction of sp³-hybridized carbons (Fsp3) is 0.286. The maximum Gasteiger partial charge on any atom is 0.315 e. The lowest BCUT2D eigenvalue weighted by atomic mass is 9.89. The van der Waals surface area contributed by atoms with Gasteiger partial charge >= 0.3 is 11.8 Å². The van der Waals surface area contributed by atoms with E-state index in [4.69, 9.17) is 11.5 Å². The van der Waals surface area contributed by atoms with Gasteiger partial charge in [0.1, 0.15) is 5.82 Å². The molecule has 0 spiro atoms. The number of nitrogens with one attached hydrogen (secondary N) is 1. The van der Waals surface area contributed by atoms with Gasteiger partial charge in [0.25, 0.3) is 5.91 Å². The Labute approximate surface area is 182 Å². The second-order valence-corrected chi connectivity index (χ2v) is 8.72. The maximum absolute atomic E-state index is 13.1. The summed E-state index contributed by atoms with van der Waals surface area (Å²) in [6.07, 6.45) is 3.06. The van der Waals surface area contributed by atoms with Crippen molar-refractivity contribution in [2.45, 2.75) is 25.8 Å². The first-order valence-corrected chi connectivity index (χ1v) is 10.7. The minimum Gasteiger partial charge on any atom is -0.375 e. The van der Waals surface area contributed by atoms with Gasteiger partial charge in [-0.2, -0.15) is 0 Å². The van der Waals surface area contributed by atoms with Gasteiger partial charge in [-0.25, -0.2) is 9.97 Å². The van der Waals surface area contributed by atoms with Crippen molar-refractivity contribution in [3.8, 4) is 0 Å². The predicted molar refractivity (Wildman–Crippen MR) is 118 cm³/mol. The lowest BCUT2D eigenvalue weighted by Crippen LogP contribution is -2.46. The molecule has 5 N–H and O–H groups in total. The van der Waals surface area contributed by atoms with Crippen LogP contribution in [-0.2, 0) is 9.59 Å². The monoisotopic (exact) mass is 438 g/mol. The van der Waals surface area contributed by atoms with Gasteiger partial charge in [-0.05, 0) is 48.6 Å². The zero-order valence-corrected chi connectivity index (χ0v) is 17.7. The van der Waals surface area contributed by atoms with Crippen LogP contribution in [0.5, 0.6) is 0 Å². The molecule has 1 saturated heterocycles. The van der Waals surface area contributed by atoms with Crippen LogP contribution in [0.1, 0.15) is 41.7 Å². The number of anilines is 2. The van der Waals surface area contributed by atoms with Crippen molar-refractivity contribution >= 4 is 50.2 Å². The number of nitrogen functional groups attached to an aromatic ring is 1. The van der Waals surface area contributed by atoms with Crippen molar-refractivity contribution in [1.82, 2.24) is 14.9 Å². The molecule has 0 radical (unpaired) electrons. The number of nitrogens with zero attached hydrogens (tertiary/aromatic N) is 3. The van der Waals surface area contributed by atoms with E-state index < -0.39 is 17.7 Å². The highest BCUT2D eigenvalue weighted by Crippen LogP contribution is 2.35. The molecule has 1 aliphatic heterocycles. The smallest absolute Gasteiger partial charge is 0.315 e. The highest BCUT2D eigenvalue weighted by atomic mass is 32.1. The van der Waals surface area contributed by atoms with Crippen LogP contribution in [0.15, 0.2) is 36.5 Å². The summed E-state index contributed by atoms with van der Waals surface area (Å²) in [5.74, 6) is -2.07. The number of aromatic nitrogens is 2. The van der Waals surface area contributed by atoms with Gasteiger partial charge in [0, 0.05) is 12.7 Å². The summed E-state index contributed by atoms with van der Waals surface area (Å²) in [5.41, 5.74) is 12.9. The second-order valence-electron chi connectivity index (χ2n) is 7.65. The summed E-state index contributed by atoms with van der Waals surface area (Å²) in [6, 6.07) is 8.51. The number of carbonyl (C=O) groups excluding carboxylic acids is 3. The molecule has 3 amide bonds. The third-order valence-corrected chi connectivity index (χ3v) is 6.26. The fourth-order valence-electron chi connectivity index (χ4n) is 3.89. The largest absolute Gasteiger partial charge is 0.375 e. The molecule has 1 aliphatic rings. The second kappa shape index (κ2) is 8.31. The van der Waals surface area contributed by atoms with Crippen LogP contribution in [0, 0.1) is 5.92 Å². The number of hydrogen-bond acceptors (Lipinski definition) is 7. The van der Waals surface area contributed by atoms with Gasteiger partial charge in [0.05, 0.1) is 21.8 Å². The van der Waals surface area contributed by atoms with Crippen LogP contribution in [0.4, 0.5) is 10.9 Å². The molecule has 2 aromatic heterocycles. The number of amides is 3. The van der Waals surface area contributed by atoms with E-state index >= 15 is 0 Å². The first-order valence-electron chi connectivity index (χ1n) is 9.86. The fourth-order valence-corrected chi connectivity index (χ4v) is 4.60. The van der Waals surface area contributed by atoms with Crippen LogP contribution in [-0.4, -0.2) is 39.1 Å². The zero-order chi connectivity index (χ0) is 22.1. The lowest BCUT2D eigenvalue weighted by molar-refractivity contribution is -0.146. The molecule has 1 fully saturated rings. The summed E-state index contributed by atoms with van der Waals surface area (Å²) in [5, 5.41) is 2.92. The number of carbonyl (C=O) groups is 3. The Balaban J connectivity index is 1.60. The predicted octanol–water partition coefficient (Wildman–Crippen LogP) is 2.31. The van der Waals surface area contributed by atoms with Crippen molar-refractivity contribution in [2.24, 2.45) is 11.7 Å². The number of benzene rings is 1. The van der Waals surface area contributed by atoms with Gasteiger partial charge < -0.3 is 21.7 Å². The molecule has 0 saturated carbocycles. The minimum atomic E-state index is -0.862. The lowest BCUT2D eigenvalue weighted by Gasteiger charge is -2.38. The molecule has 10 heteroatoms. The van der Waals surface area contributed by atoms with Gasteiger partial charge in [-0.15, -0.1) is 0 Å². The van der Waals surface area contributed by atoms with Crippen LogP contribution >= 0.6 is 11.3 Å². The summed E-state index contributed by atoms with van der Waals surface area (Å²) >= 11 is 1.40. The number of hydrogen-bond donors (Lipinski definition) is 3. The quantitative estimate of drug-likeness (QED) is 0.535.